The summed E-state index contributed by atoms with van der Waals surface area (Å²) < 4.78 is 31.6. The number of hydrogen-bond donors (Lipinski definition) is 1. The summed E-state index contributed by atoms with van der Waals surface area (Å²) in [6.07, 6.45) is 2.38. The molecule has 2 rings (SSSR count). The molecule has 0 aliphatic heterocycles. The molecule has 0 aromatic heterocycles. The smallest absolute Gasteiger partial charge is 0.271 e. The Hall–Kier alpha value is -3.67. The van der Waals surface area contributed by atoms with Crippen LogP contribution >= 0.6 is 0 Å². The lowest BCUT2D eigenvalue weighted by Crippen LogP contribution is -2.53. The number of ether oxygens (including phenoxy) is 1. The number of nitro groups is 1. The van der Waals surface area contributed by atoms with Crippen molar-refractivity contribution in [3.05, 3.63) is 64.2 Å². The van der Waals surface area contributed by atoms with Crippen molar-refractivity contribution in [3.8, 4) is 5.75 Å². The molecule has 0 bridgehead atoms. The Balaban J connectivity index is 2.47. The summed E-state index contributed by atoms with van der Waals surface area (Å²) in [6, 6.07) is 12.1. The Bertz CT molecular complexity index is 1190. The molecule has 0 saturated carbocycles. The first-order valence-electron chi connectivity index (χ1n) is 11.9. The van der Waals surface area contributed by atoms with E-state index in [9.17, 15) is 28.1 Å². The van der Waals surface area contributed by atoms with Crippen LogP contribution < -0.4 is 14.4 Å². The first-order chi connectivity index (χ1) is 17.5. The van der Waals surface area contributed by atoms with Crippen molar-refractivity contribution in [2.24, 2.45) is 0 Å². The van der Waals surface area contributed by atoms with Crippen LogP contribution in [0.4, 0.5) is 11.4 Å². The quantitative estimate of drug-likeness (QED) is 0.290. The van der Waals surface area contributed by atoms with Crippen molar-refractivity contribution in [3.63, 3.8) is 0 Å². The molecule has 1 N–H and O–H groups in total. The van der Waals surface area contributed by atoms with Gasteiger partial charge in [-0.3, -0.25) is 24.0 Å². The molecule has 2 aromatic rings. The molecular formula is C25H34N4O7S. The zero-order valence-electron chi connectivity index (χ0n) is 21.5. The number of nitrogens with one attached hydrogen (secondary N) is 1. The fourth-order valence-corrected chi connectivity index (χ4v) is 4.69. The fraction of sp³-hybridized carbons (Fsp3) is 0.440. The van der Waals surface area contributed by atoms with Gasteiger partial charge in [0, 0.05) is 25.2 Å². The molecule has 0 heterocycles. The number of rotatable bonds is 14. The average molecular weight is 535 g/mol. The maximum absolute atomic E-state index is 13.7. The van der Waals surface area contributed by atoms with E-state index in [2.05, 4.69) is 5.32 Å². The summed E-state index contributed by atoms with van der Waals surface area (Å²) in [5.41, 5.74) is 0.451. The first kappa shape index (κ1) is 29.6. The minimum atomic E-state index is -4.07. The van der Waals surface area contributed by atoms with E-state index in [1.807, 2.05) is 37.3 Å². The van der Waals surface area contributed by atoms with Crippen molar-refractivity contribution in [1.82, 2.24) is 10.2 Å². The molecule has 0 aliphatic rings. The van der Waals surface area contributed by atoms with Gasteiger partial charge in [-0.05, 0) is 30.9 Å². The molecule has 1 atom stereocenters. The Morgan fingerprint density at radius 2 is 1.81 bits per heavy atom. The van der Waals surface area contributed by atoms with E-state index < -0.39 is 33.4 Å². The van der Waals surface area contributed by atoms with Gasteiger partial charge in [-0.15, -0.1) is 0 Å². The number of non-ortho nitro benzene ring substituents is 1. The number of methoxy groups -OCH3 is 1. The highest BCUT2D eigenvalue weighted by atomic mass is 32.2. The molecule has 1 unspecified atom stereocenters. The predicted octanol–water partition coefficient (Wildman–Crippen LogP) is 2.75. The minimum Gasteiger partial charge on any atom is -0.495 e. The predicted molar refractivity (Wildman–Crippen MR) is 141 cm³/mol. The zero-order chi connectivity index (χ0) is 27.6. The van der Waals surface area contributed by atoms with Crippen LogP contribution in [-0.2, 0) is 26.0 Å². The van der Waals surface area contributed by atoms with Crippen molar-refractivity contribution >= 4 is 33.2 Å². The molecule has 0 radical (unpaired) electrons. The van der Waals surface area contributed by atoms with Crippen molar-refractivity contribution < 1.29 is 27.7 Å². The van der Waals surface area contributed by atoms with E-state index in [0.29, 0.717) is 25.8 Å². The number of nitrogens with zero attached hydrogens (tertiary/aromatic N) is 3. The van der Waals surface area contributed by atoms with Gasteiger partial charge in [-0.25, -0.2) is 8.42 Å². The molecule has 0 aliphatic carbocycles. The van der Waals surface area contributed by atoms with E-state index in [-0.39, 0.29) is 29.6 Å². The molecule has 37 heavy (non-hydrogen) atoms. The third-order valence-electron chi connectivity index (χ3n) is 5.74. The minimum absolute atomic E-state index is 0.0485. The number of hydrogen-bond acceptors (Lipinski definition) is 7. The monoisotopic (exact) mass is 534 g/mol. The lowest BCUT2D eigenvalue weighted by atomic mass is 10.1. The van der Waals surface area contributed by atoms with E-state index in [1.54, 1.807) is 6.92 Å². The maximum Gasteiger partial charge on any atom is 0.271 e. The largest absolute Gasteiger partial charge is 0.495 e. The molecular weight excluding hydrogens is 500 g/mol. The zero-order valence-corrected chi connectivity index (χ0v) is 22.4. The van der Waals surface area contributed by atoms with E-state index in [0.717, 1.165) is 22.2 Å². The Labute approximate surface area is 217 Å². The number of nitro benzene ring substituents is 1. The Morgan fingerprint density at radius 3 is 2.35 bits per heavy atom. The molecule has 11 nitrogen and oxygen atoms in total. The molecule has 0 saturated heterocycles. The van der Waals surface area contributed by atoms with Crippen molar-refractivity contribution in [2.75, 3.05) is 37.3 Å². The summed E-state index contributed by atoms with van der Waals surface area (Å²) in [6.45, 7) is 3.64. The number of benzene rings is 2. The van der Waals surface area contributed by atoms with E-state index in [1.165, 1.54) is 24.1 Å². The van der Waals surface area contributed by atoms with E-state index >= 15 is 0 Å². The third kappa shape index (κ3) is 8.17. The van der Waals surface area contributed by atoms with Gasteiger partial charge in [0.1, 0.15) is 24.0 Å². The summed E-state index contributed by atoms with van der Waals surface area (Å²) in [4.78, 5) is 38.6. The second-order valence-electron chi connectivity index (χ2n) is 8.42. The molecule has 12 heteroatoms. The van der Waals surface area contributed by atoms with Crippen LogP contribution in [0.25, 0.3) is 0 Å². The van der Waals surface area contributed by atoms with Crippen LogP contribution in [0.2, 0.25) is 0 Å². The standard InChI is InChI=1S/C25H34N4O7S/c1-5-15-26-25(31)21(6-2)27(16-14-19-10-8-7-9-11-19)24(30)18-28(37(4,34)35)22-17-20(29(32)33)12-13-23(22)36-3/h7-13,17,21H,5-6,14-16,18H2,1-4H3,(H,26,31). The van der Waals surface area contributed by atoms with Crippen LogP contribution in [0.5, 0.6) is 5.75 Å². The summed E-state index contributed by atoms with van der Waals surface area (Å²) in [5, 5.41) is 14.2. The number of amides is 2. The number of carbonyl (C=O) groups excluding carboxylic acids is 2. The summed E-state index contributed by atoms with van der Waals surface area (Å²) in [5.74, 6) is -0.898. The third-order valence-corrected chi connectivity index (χ3v) is 6.87. The lowest BCUT2D eigenvalue weighted by molar-refractivity contribution is -0.384. The molecule has 0 fully saturated rings. The first-order valence-corrected chi connectivity index (χ1v) is 13.8. The molecule has 0 spiro atoms. The van der Waals surface area contributed by atoms with Crippen LogP contribution in [-0.4, -0.2) is 69.1 Å². The lowest BCUT2D eigenvalue weighted by Gasteiger charge is -2.33. The highest BCUT2D eigenvalue weighted by molar-refractivity contribution is 7.92. The van der Waals surface area contributed by atoms with Gasteiger partial charge < -0.3 is 15.0 Å². The maximum atomic E-state index is 13.7. The van der Waals surface area contributed by atoms with E-state index in [4.69, 9.17) is 4.74 Å². The average Bonchev–Trinajstić information content (AvgIpc) is 2.87. The highest BCUT2D eigenvalue weighted by Crippen LogP contribution is 2.33. The topological polar surface area (TPSA) is 139 Å². The molecule has 202 valence electrons. The highest BCUT2D eigenvalue weighted by Gasteiger charge is 2.32. The van der Waals surface area contributed by atoms with Crippen LogP contribution in [0.1, 0.15) is 32.3 Å². The Kier molecular flexibility index (Phi) is 10.9. The van der Waals surface area contributed by atoms with Crippen LogP contribution in [0.3, 0.4) is 0 Å². The van der Waals surface area contributed by atoms with Crippen molar-refractivity contribution in [2.45, 2.75) is 39.2 Å². The van der Waals surface area contributed by atoms with Crippen molar-refractivity contribution in [1.29, 1.82) is 0 Å². The van der Waals surface area contributed by atoms with Gasteiger partial charge in [-0.1, -0.05) is 44.2 Å². The van der Waals surface area contributed by atoms with Gasteiger partial charge in [0.2, 0.25) is 21.8 Å². The summed E-state index contributed by atoms with van der Waals surface area (Å²) in [7, 11) is -2.78. The number of carbonyl (C=O) groups is 2. The molecule has 2 amide bonds. The normalized spacial score (nSPS) is 11.9. The van der Waals surface area contributed by atoms with Gasteiger partial charge in [0.25, 0.3) is 5.69 Å². The summed E-state index contributed by atoms with van der Waals surface area (Å²) >= 11 is 0. The van der Waals surface area contributed by atoms with Gasteiger partial charge in [0.05, 0.1) is 18.3 Å². The number of anilines is 1. The van der Waals surface area contributed by atoms with Gasteiger partial charge in [0.15, 0.2) is 0 Å². The Morgan fingerprint density at radius 1 is 1.14 bits per heavy atom. The van der Waals surface area contributed by atoms with Gasteiger partial charge >= 0.3 is 0 Å². The molecule has 2 aromatic carbocycles. The second-order valence-corrected chi connectivity index (χ2v) is 10.3. The fourth-order valence-electron chi connectivity index (χ4n) is 3.84. The van der Waals surface area contributed by atoms with Crippen LogP contribution in [0.15, 0.2) is 48.5 Å². The SMILES string of the molecule is CCCNC(=O)C(CC)N(CCc1ccccc1)C(=O)CN(c1cc([N+](=O)[O-])ccc1OC)S(C)(=O)=O. The van der Waals surface area contributed by atoms with Gasteiger partial charge in [-0.2, -0.15) is 0 Å². The van der Waals surface area contributed by atoms with Crippen LogP contribution in [0, 0.1) is 10.1 Å². The second kappa shape index (κ2) is 13.6. The number of sulfonamides is 1.